The van der Waals surface area contributed by atoms with Crippen molar-refractivity contribution in [2.75, 3.05) is 14.2 Å². The summed E-state index contributed by atoms with van der Waals surface area (Å²) < 4.78 is 17.6. The van der Waals surface area contributed by atoms with Gasteiger partial charge >= 0.3 is 5.97 Å². The Kier molecular flexibility index (Phi) is 7.08. The summed E-state index contributed by atoms with van der Waals surface area (Å²) in [6.45, 7) is 6.29. The smallest absolute Gasteiger partial charge is 0.336 e. The molecule has 0 spiro atoms. The van der Waals surface area contributed by atoms with Crippen LogP contribution in [-0.2, 0) is 20.9 Å². The van der Waals surface area contributed by atoms with Gasteiger partial charge in [0.2, 0.25) is 0 Å². The first-order valence-electron chi connectivity index (χ1n) is 11.5. The number of benzene rings is 2. The van der Waals surface area contributed by atoms with Crippen molar-refractivity contribution >= 4 is 27.7 Å². The second kappa shape index (κ2) is 9.90. The molecule has 35 heavy (non-hydrogen) atoms. The molecule has 184 valence electrons. The number of carbonyl (C=O) groups excluding carboxylic acids is 2. The number of ether oxygens (including phenoxy) is 3. The van der Waals surface area contributed by atoms with Gasteiger partial charge in [0.25, 0.3) is 0 Å². The van der Waals surface area contributed by atoms with Crippen molar-refractivity contribution in [3.8, 4) is 11.5 Å². The van der Waals surface area contributed by atoms with Gasteiger partial charge in [-0.05, 0) is 64.5 Å². The summed E-state index contributed by atoms with van der Waals surface area (Å²) in [5.41, 5.74) is 4.14. The van der Waals surface area contributed by atoms with Crippen LogP contribution >= 0.6 is 15.9 Å². The second-order valence-electron chi connectivity index (χ2n) is 9.71. The normalized spacial score (nSPS) is 19.1. The van der Waals surface area contributed by atoms with Crippen LogP contribution in [0.25, 0.3) is 0 Å². The van der Waals surface area contributed by atoms with Gasteiger partial charge in [0.1, 0.15) is 18.1 Å². The lowest BCUT2D eigenvalue weighted by molar-refractivity contribution is -0.136. The molecular weight excluding hydrogens is 510 g/mol. The zero-order valence-electron chi connectivity index (χ0n) is 20.7. The van der Waals surface area contributed by atoms with Gasteiger partial charge in [0.05, 0.1) is 24.3 Å². The molecule has 1 atom stereocenters. The van der Waals surface area contributed by atoms with Crippen LogP contribution in [0.4, 0.5) is 0 Å². The lowest BCUT2D eigenvalue weighted by Crippen LogP contribution is -2.38. The highest BCUT2D eigenvalue weighted by Crippen LogP contribution is 2.47. The van der Waals surface area contributed by atoms with E-state index in [1.54, 1.807) is 7.11 Å². The summed E-state index contributed by atoms with van der Waals surface area (Å²) in [7, 11) is 2.97. The molecule has 0 amide bonds. The number of allylic oxidation sites excluding steroid dienone is 3. The predicted molar refractivity (Wildman–Crippen MR) is 137 cm³/mol. The number of dihydropyridines is 1. The van der Waals surface area contributed by atoms with Crippen molar-refractivity contribution in [2.24, 2.45) is 5.41 Å². The molecule has 1 unspecified atom stereocenters. The summed E-state index contributed by atoms with van der Waals surface area (Å²) >= 11 is 3.51. The summed E-state index contributed by atoms with van der Waals surface area (Å²) in [5.74, 6) is 0.439. The maximum atomic E-state index is 13.4. The summed E-state index contributed by atoms with van der Waals surface area (Å²) in [5, 5.41) is 3.34. The standard InChI is InChI=1S/C28H30BrNO5/c1-16-24(27(32)34-5)25(26-20(30-16)13-28(2,3)14-21(26)31)17-10-11-22(33-4)18(12-17)15-35-23-9-7-6-8-19(23)29/h6-12,25,30H,13-15H2,1-5H3. The number of hydrogen-bond acceptors (Lipinski definition) is 6. The third-order valence-electron chi connectivity index (χ3n) is 6.50. The summed E-state index contributed by atoms with van der Waals surface area (Å²) in [6, 6.07) is 13.4. The molecule has 2 aromatic carbocycles. The number of ketones is 1. The number of nitrogens with one attached hydrogen (secondary N) is 1. The van der Waals surface area contributed by atoms with E-state index in [1.165, 1.54) is 7.11 Å². The molecule has 0 saturated carbocycles. The van der Waals surface area contributed by atoms with E-state index < -0.39 is 11.9 Å². The molecule has 0 bridgehead atoms. The highest BCUT2D eigenvalue weighted by atomic mass is 79.9. The number of hydrogen-bond donors (Lipinski definition) is 1. The lowest BCUT2D eigenvalue weighted by Gasteiger charge is -2.39. The van der Waals surface area contributed by atoms with Crippen LogP contribution in [0, 0.1) is 5.41 Å². The fraction of sp³-hybridized carbons (Fsp3) is 0.357. The average Bonchev–Trinajstić information content (AvgIpc) is 2.81. The Balaban J connectivity index is 1.80. The Morgan fingerprint density at radius 3 is 2.54 bits per heavy atom. The Morgan fingerprint density at radius 2 is 1.86 bits per heavy atom. The van der Waals surface area contributed by atoms with E-state index in [1.807, 2.05) is 49.4 Å². The molecule has 0 fully saturated rings. The Morgan fingerprint density at radius 1 is 1.11 bits per heavy atom. The minimum Gasteiger partial charge on any atom is -0.496 e. The highest BCUT2D eigenvalue weighted by molar-refractivity contribution is 9.10. The van der Waals surface area contributed by atoms with E-state index in [-0.39, 0.29) is 17.8 Å². The molecule has 6 nitrogen and oxygen atoms in total. The molecule has 2 aromatic rings. The second-order valence-corrected chi connectivity index (χ2v) is 10.6. The maximum Gasteiger partial charge on any atom is 0.336 e. The van der Waals surface area contributed by atoms with Crippen molar-refractivity contribution in [1.82, 2.24) is 5.32 Å². The third-order valence-corrected chi connectivity index (χ3v) is 7.16. The molecule has 7 heteroatoms. The zero-order valence-corrected chi connectivity index (χ0v) is 22.2. The number of para-hydroxylation sites is 1. The summed E-state index contributed by atoms with van der Waals surface area (Å²) in [4.78, 5) is 26.3. The molecule has 1 N–H and O–H groups in total. The SMILES string of the molecule is COC(=O)C1=C(C)NC2=C(C(=O)CC(C)(C)C2)C1c1ccc(OC)c(COc2ccccc2Br)c1. The van der Waals surface area contributed by atoms with E-state index in [2.05, 4.69) is 35.1 Å². The van der Waals surface area contributed by atoms with Crippen LogP contribution in [0.15, 0.2) is 69.5 Å². The Bertz CT molecular complexity index is 1240. The third kappa shape index (κ3) is 5.01. The predicted octanol–water partition coefficient (Wildman–Crippen LogP) is 5.81. The Labute approximate surface area is 214 Å². The largest absolute Gasteiger partial charge is 0.496 e. The van der Waals surface area contributed by atoms with Crippen LogP contribution in [0.5, 0.6) is 11.5 Å². The topological polar surface area (TPSA) is 73.9 Å². The number of Topliss-reactive ketones (excluding diaryl/α,β-unsaturated/α-hetero) is 1. The van der Waals surface area contributed by atoms with E-state index in [0.717, 1.165) is 27.7 Å². The van der Waals surface area contributed by atoms with Crippen LogP contribution in [0.1, 0.15) is 50.7 Å². The van der Waals surface area contributed by atoms with Gasteiger partial charge in [-0.1, -0.05) is 32.0 Å². The quantitative estimate of drug-likeness (QED) is 0.466. The van der Waals surface area contributed by atoms with Crippen LogP contribution < -0.4 is 14.8 Å². The number of halogens is 1. The molecule has 2 aliphatic rings. The molecule has 1 aliphatic heterocycles. The molecule has 1 heterocycles. The van der Waals surface area contributed by atoms with Gasteiger partial charge in [-0.15, -0.1) is 0 Å². The highest BCUT2D eigenvalue weighted by Gasteiger charge is 2.43. The van der Waals surface area contributed by atoms with Crippen LogP contribution in [-0.4, -0.2) is 26.0 Å². The van der Waals surface area contributed by atoms with Crippen molar-refractivity contribution < 1.29 is 23.8 Å². The first-order valence-corrected chi connectivity index (χ1v) is 12.3. The molecule has 4 rings (SSSR count). The van der Waals surface area contributed by atoms with Gasteiger partial charge in [-0.3, -0.25) is 4.79 Å². The minimum absolute atomic E-state index is 0.0458. The van der Waals surface area contributed by atoms with Crippen molar-refractivity contribution in [3.63, 3.8) is 0 Å². The molecule has 1 aliphatic carbocycles. The van der Waals surface area contributed by atoms with Gasteiger partial charge < -0.3 is 19.5 Å². The fourth-order valence-electron chi connectivity index (χ4n) is 4.96. The number of esters is 1. The van der Waals surface area contributed by atoms with E-state index >= 15 is 0 Å². The number of rotatable bonds is 6. The molecule has 0 radical (unpaired) electrons. The average molecular weight is 540 g/mol. The fourth-order valence-corrected chi connectivity index (χ4v) is 5.36. The number of carbonyl (C=O) groups is 2. The first kappa shape index (κ1) is 25.0. The van der Waals surface area contributed by atoms with Crippen molar-refractivity contribution in [2.45, 2.75) is 46.1 Å². The lowest BCUT2D eigenvalue weighted by atomic mass is 9.68. The maximum absolute atomic E-state index is 13.4. The molecular formula is C28H30BrNO5. The van der Waals surface area contributed by atoms with Crippen molar-refractivity contribution in [3.05, 3.63) is 80.6 Å². The van der Waals surface area contributed by atoms with Gasteiger partial charge in [0, 0.05) is 34.9 Å². The van der Waals surface area contributed by atoms with Gasteiger partial charge in [-0.25, -0.2) is 4.79 Å². The first-order chi connectivity index (χ1) is 16.6. The van der Waals surface area contributed by atoms with E-state index in [4.69, 9.17) is 14.2 Å². The monoisotopic (exact) mass is 539 g/mol. The van der Waals surface area contributed by atoms with Crippen LogP contribution in [0.3, 0.4) is 0 Å². The Hall–Kier alpha value is -3.06. The van der Waals surface area contributed by atoms with Gasteiger partial charge in [-0.2, -0.15) is 0 Å². The zero-order chi connectivity index (χ0) is 25.3. The van der Waals surface area contributed by atoms with Crippen molar-refractivity contribution in [1.29, 1.82) is 0 Å². The number of methoxy groups -OCH3 is 2. The van der Waals surface area contributed by atoms with E-state index in [0.29, 0.717) is 34.8 Å². The molecule has 0 saturated heterocycles. The van der Waals surface area contributed by atoms with E-state index in [9.17, 15) is 9.59 Å². The van der Waals surface area contributed by atoms with Gasteiger partial charge in [0.15, 0.2) is 5.78 Å². The molecule has 0 aromatic heterocycles. The summed E-state index contributed by atoms with van der Waals surface area (Å²) in [6.07, 6.45) is 1.15. The minimum atomic E-state index is -0.532. The van der Waals surface area contributed by atoms with Crippen LogP contribution in [0.2, 0.25) is 0 Å².